The van der Waals surface area contributed by atoms with Crippen LogP contribution in [0.3, 0.4) is 0 Å². The molecule has 4 heterocycles. The summed E-state index contributed by atoms with van der Waals surface area (Å²) in [6.07, 6.45) is 3.58. The van der Waals surface area contributed by atoms with Crippen molar-refractivity contribution in [1.82, 2.24) is 14.5 Å². The van der Waals surface area contributed by atoms with Gasteiger partial charge in [0.15, 0.2) is 0 Å². The van der Waals surface area contributed by atoms with E-state index in [0.29, 0.717) is 0 Å². The van der Waals surface area contributed by atoms with Gasteiger partial charge in [0.2, 0.25) is 0 Å². The van der Waals surface area contributed by atoms with Crippen molar-refractivity contribution in [2.45, 2.75) is 26.2 Å². The molecule has 4 nitrogen and oxygen atoms in total. The van der Waals surface area contributed by atoms with Crippen molar-refractivity contribution in [3.05, 3.63) is 163 Å². The van der Waals surface area contributed by atoms with Crippen LogP contribution in [0.4, 0.5) is 4.39 Å². The molecule has 0 fully saturated rings. The average Bonchev–Trinajstić information content (AvgIpc) is 3.68. The summed E-state index contributed by atoms with van der Waals surface area (Å²) in [5.74, 6) is -0.278. The molecule has 0 spiro atoms. The summed E-state index contributed by atoms with van der Waals surface area (Å²) in [6.45, 7) is 6.65. The molecule has 0 atom stereocenters. The number of para-hydroxylation sites is 2. The van der Waals surface area contributed by atoms with Crippen LogP contribution in [-0.4, -0.2) is 14.5 Å². The van der Waals surface area contributed by atoms with E-state index >= 15 is 0 Å². The molecule has 0 aliphatic carbocycles. The number of rotatable bonds is 3. The van der Waals surface area contributed by atoms with E-state index in [0.717, 1.165) is 50.1 Å². The quantitative estimate of drug-likeness (QED) is 0.167. The van der Waals surface area contributed by atoms with E-state index in [4.69, 9.17) is 4.42 Å². The molecule has 9 rings (SSSR count). The summed E-state index contributed by atoms with van der Waals surface area (Å²) in [5.41, 5.74) is 9.81. The number of fused-ring (bicyclic) bond motifs is 6. The smallest absolute Gasteiger partial charge is 0.123 e. The Morgan fingerprint density at radius 1 is 0.660 bits per heavy atom. The van der Waals surface area contributed by atoms with Gasteiger partial charge < -0.3 is 19.0 Å². The van der Waals surface area contributed by atoms with Crippen LogP contribution < -0.4 is 0 Å². The van der Waals surface area contributed by atoms with Gasteiger partial charge in [-0.25, -0.2) is 0 Å². The minimum Gasteiger partial charge on any atom is -0.501 e. The van der Waals surface area contributed by atoms with Crippen molar-refractivity contribution in [3.63, 3.8) is 0 Å². The minimum absolute atomic E-state index is 0. The SMILES string of the molecule is CC(C)(C)c1ccnc(-c2[c-]ccc3c2oc2cc(-n4c5ccccc5c5ccccc54)ccc23)c1.Fc1c[c-]c(-c2ccccn2)cc1.[Ir]. The van der Waals surface area contributed by atoms with Crippen molar-refractivity contribution in [3.8, 4) is 28.2 Å². The van der Waals surface area contributed by atoms with Gasteiger partial charge in [-0.2, -0.15) is 0 Å². The van der Waals surface area contributed by atoms with Crippen LogP contribution in [0, 0.1) is 17.9 Å². The molecule has 247 valence electrons. The standard InChI is InChI=1S/C33H25N2O.C11H7FN.Ir/c1-33(2,3)21-17-18-34-28(19-21)27-12-8-11-26-25-16-15-22(20-31(25)36-32(26)27)35-29-13-6-4-9-23(29)24-10-5-7-14-30(24)35;12-10-6-4-9(5-7-10)11-3-1-2-8-13-11;/h4-11,13-20H,1-3H3;1-4,6-8H;/q2*-1;. The summed E-state index contributed by atoms with van der Waals surface area (Å²) < 4.78 is 21.4. The maximum absolute atomic E-state index is 12.6. The number of halogens is 1. The van der Waals surface area contributed by atoms with Crippen molar-refractivity contribution >= 4 is 43.7 Å². The fourth-order valence-corrected chi connectivity index (χ4v) is 6.38. The van der Waals surface area contributed by atoms with Crippen LogP contribution in [0.5, 0.6) is 0 Å². The summed E-state index contributed by atoms with van der Waals surface area (Å²) in [7, 11) is 0. The maximum atomic E-state index is 12.6. The molecule has 0 N–H and O–H groups in total. The fourth-order valence-electron chi connectivity index (χ4n) is 6.38. The molecule has 0 saturated carbocycles. The first kappa shape index (κ1) is 33.1. The van der Waals surface area contributed by atoms with E-state index in [2.05, 4.69) is 132 Å². The third kappa shape index (κ3) is 6.13. The van der Waals surface area contributed by atoms with Gasteiger partial charge in [-0.3, -0.25) is 4.39 Å². The first-order valence-corrected chi connectivity index (χ1v) is 16.3. The molecule has 0 saturated heterocycles. The zero-order valence-corrected chi connectivity index (χ0v) is 30.1. The summed E-state index contributed by atoms with van der Waals surface area (Å²) in [4.78, 5) is 8.80. The van der Waals surface area contributed by atoms with Crippen LogP contribution in [0.1, 0.15) is 26.3 Å². The second kappa shape index (κ2) is 13.5. The Hall–Kier alpha value is -5.42. The molecule has 5 aromatic carbocycles. The number of hydrogen-bond donors (Lipinski definition) is 0. The zero-order valence-electron chi connectivity index (χ0n) is 27.7. The Kier molecular flexibility index (Phi) is 8.92. The third-order valence-corrected chi connectivity index (χ3v) is 8.85. The van der Waals surface area contributed by atoms with Gasteiger partial charge >= 0.3 is 0 Å². The Labute approximate surface area is 303 Å². The first-order valence-electron chi connectivity index (χ1n) is 16.3. The predicted molar refractivity (Wildman–Crippen MR) is 197 cm³/mol. The Balaban J connectivity index is 0.000000236. The van der Waals surface area contributed by atoms with Gasteiger partial charge in [0.25, 0.3) is 0 Å². The molecule has 0 bridgehead atoms. The van der Waals surface area contributed by atoms with E-state index < -0.39 is 0 Å². The molecule has 1 radical (unpaired) electrons. The number of aromatic nitrogens is 3. The van der Waals surface area contributed by atoms with Gasteiger partial charge in [-0.05, 0) is 52.7 Å². The van der Waals surface area contributed by atoms with E-state index in [1.807, 2.05) is 30.5 Å². The van der Waals surface area contributed by atoms with Crippen LogP contribution in [0.15, 0.2) is 144 Å². The van der Waals surface area contributed by atoms with Crippen molar-refractivity contribution in [1.29, 1.82) is 0 Å². The average molecular weight is 830 g/mol. The van der Waals surface area contributed by atoms with Crippen LogP contribution >= 0.6 is 0 Å². The predicted octanol–water partition coefficient (Wildman–Crippen LogP) is 11.5. The van der Waals surface area contributed by atoms with E-state index in [9.17, 15) is 4.39 Å². The number of benzene rings is 5. The molecule has 0 aliphatic heterocycles. The molecule has 0 unspecified atom stereocenters. The molecule has 9 aromatic rings. The van der Waals surface area contributed by atoms with Crippen LogP contribution in [0.2, 0.25) is 0 Å². The van der Waals surface area contributed by atoms with E-state index in [1.54, 1.807) is 12.3 Å². The first-order chi connectivity index (χ1) is 23.8. The molecular weight excluding hydrogens is 798 g/mol. The molecule has 4 aromatic heterocycles. The topological polar surface area (TPSA) is 43.9 Å². The summed E-state index contributed by atoms with van der Waals surface area (Å²) in [6, 6.07) is 48.1. The van der Waals surface area contributed by atoms with E-state index in [-0.39, 0.29) is 31.3 Å². The number of hydrogen-bond acceptors (Lipinski definition) is 3. The normalized spacial score (nSPS) is 11.4. The minimum atomic E-state index is -0.278. The summed E-state index contributed by atoms with van der Waals surface area (Å²) in [5, 5.41) is 4.67. The van der Waals surface area contributed by atoms with Gasteiger partial charge in [-0.15, -0.1) is 48.0 Å². The van der Waals surface area contributed by atoms with Crippen molar-refractivity contribution in [2.24, 2.45) is 0 Å². The zero-order chi connectivity index (χ0) is 33.5. The molecular formula is C44H32FIrN3O-2. The van der Waals surface area contributed by atoms with Crippen molar-refractivity contribution < 1.29 is 28.9 Å². The van der Waals surface area contributed by atoms with E-state index in [1.165, 1.54) is 39.5 Å². The molecule has 0 amide bonds. The second-order valence-electron chi connectivity index (χ2n) is 13.1. The Bertz CT molecular complexity index is 2550. The van der Waals surface area contributed by atoms with Gasteiger partial charge in [-0.1, -0.05) is 92.4 Å². The largest absolute Gasteiger partial charge is 0.501 e. The molecule has 6 heteroatoms. The Morgan fingerprint density at radius 3 is 2.06 bits per heavy atom. The van der Waals surface area contributed by atoms with Crippen LogP contribution in [-0.2, 0) is 25.5 Å². The Morgan fingerprint density at radius 2 is 1.38 bits per heavy atom. The molecule has 50 heavy (non-hydrogen) atoms. The summed E-state index contributed by atoms with van der Waals surface area (Å²) >= 11 is 0. The van der Waals surface area contributed by atoms with Gasteiger partial charge in [0, 0.05) is 66.2 Å². The monoisotopic (exact) mass is 830 g/mol. The number of nitrogens with zero attached hydrogens (tertiary/aromatic N) is 3. The third-order valence-electron chi connectivity index (χ3n) is 8.85. The van der Waals surface area contributed by atoms with Crippen LogP contribution in [0.25, 0.3) is 71.9 Å². The number of pyridine rings is 2. The van der Waals surface area contributed by atoms with Gasteiger partial charge in [0.1, 0.15) is 5.58 Å². The van der Waals surface area contributed by atoms with Crippen molar-refractivity contribution in [2.75, 3.05) is 0 Å². The number of furan rings is 1. The van der Waals surface area contributed by atoms with Gasteiger partial charge in [0.05, 0.1) is 16.6 Å². The maximum Gasteiger partial charge on any atom is 0.123 e. The second-order valence-corrected chi connectivity index (χ2v) is 13.1. The fraction of sp³-hybridized carbons (Fsp3) is 0.0909. The molecule has 0 aliphatic rings.